The highest BCUT2D eigenvalue weighted by Gasteiger charge is 2.30. The number of hydrogen-bond acceptors (Lipinski definition) is 6. The van der Waals surface area contributed by atoms with Crippen molar-refractivity contribution in [2.24, 2.45) is 0 Å². The van der Waals surface area contributed by atoms with Crippen molar-refractivity contribution in [2.75, 3.05) is 6.54 Å². The zero-order valence-electron chi connectivity index (χ0n) is 21.5. The molecular weight excluding hydrogens is 581 g/mol. The number of furan rings is 1. The molecule has 0 saturated heterocycles. The number of aromatic amines is 1. The molecule has 4 heterocycles. The van der Waals surface area contributed by atoms with Gasteiger partial charge < -0.3 is 19.0 Å². The minimum atomic E-state index is -0.613. The third-order valence-corrected chi connectivity index (χ3v) is 7.46. The number of fused-ring (bicyclic) bond motifs is 2. The Morgan fingerprint density at radius 3 is 2.70 bits per heavy atom. The lowest BCUT2D eigenvalue weighted by Gasteiger charge is -2.28. The van der Waals surface area contributed by atoms with E-state index in [1.165, 1.54) is 6.07 Å². The first-order valence-electron chi connectivity index (χ1n) is 12.8. The van der Waals surface area contributed by atoms with E-state index in [4.69, 9.17) is 9.40 Å². The molecule has 1 unspecified atom stereocenters. The number of imidazole rings is 1. The van der Waals surface area contributed by atoms with Crippen LogP contribution >= 0.6 is 15.9 Å². The Hall–Kier alpha value is -4.09. The van der Waals surface area contributed by atoms with Gasteiger partial charge in [-0.25, -0.2) is 14.5 Å². The molecule has 5 aromatic rings. The Morgan fingerprint density at radius 1 is 1.15 bits per heavy atom. The summed E-state index contributed by atoms with van der Waals surface area (Å²) in [6.07, 6.45) is 0.0245. The van der Waals surface area contributed by atoms with Crippen molar-refractivity contribution in [3.05, 3.63) is 104 Å². The molecule has 0 saturated carbocycles. The van der Waals surface area contributed by atoms with Gasteiger partial charge in [-0.15, -0.1) is 0 Å². The Balaban J connectivity index is 1.29. The lowest BCUT2D eigenvalue weighted by molar-refractivity contribution is 0.0703. The van der Waals surface area contributed by atoms with Crippen LogP contribution < -0.4 is 5.56 Å². The van der Waals surface area contributed by atoms with E-state index in [0.717, 1.165) is 5.69 Å². The van der Waals surface area contributed by atoms with Crippen LogP contribution in [0.3, 0.4) is 0 Å². The minimum Gasteiger partial charge on any atom is -0.448 e. The summed E-state index contributed by atoms with van der Waals surface area (Å²) in [6.45, 7) is 2.66. The molecule has 0 spiro atoms. The first-order chi connectivity index (χ1) is 19.3. The van der Waals surface area contributed by atoms with E-state index in [9.17, 15) is 19.1 Å². The number of rotatable bonds is 6. The number of H-pyrrole nitrogens is 1. The van der Waals surface area contributed by atoms with Crippen molar-refractivity contribution in [3.8, 4) is 11.5 Å². The fourth-order valence-electron chi connectivity index (χ4n) is 5.21. The zero-order valence-corrected chi connectivity index (χ0v) is 23.1. The SMILES string of the molecule is CC(O)Cc1nc2n(c1-c1ccc(Br)o1)CCN(C(=O)c1cc(Cc3n[nH]c(=O)c4ccccc34)ccc1F)C2. The number of benzene rings is 2. The van der Waals surface area contributed by atoms with Crippen LogP contribution in [0.1, 0.15) is 40.1 Å². The van der Waals surface area contributed by atoms with Gasteiger partial charge in [0.05, 0.1) is 35.0 Å². The molecule has 1 amide bonds. The fraction of sp³-hybridized carbons (Fsp3) is 0.241. The zero-order chi connectivity index (χ0) is 28.0. The number of aliphatic hydroxyl groups excluding tert-OH is 1. The van der Waals surface area contributed by atoms with Gasteiger partial charge in [0.2, 0.25) is 0 Å². The Morgan fingerprint density at radius 2 is 1.95 bits per heavy atom. The van der Waals surface area contributed by atoms with Crippen LogP contribution in [0.5, 0.6) is 0 Å². The third-order valence-electron chi connectivity index (χ3n) is 7.03. The van der Waals surface area contributed by atoms with Gasteiger partial charge in [-0.3, -0.25) is 9.59 Å². The topological polar surface area (TPSA) is 117 Å². The molecule has 0 aliphatic carbocycles. The number of halogens is 2. The normalized spacial score (nSPS) is 13.9. The molecule has 6 rings (SSSR count). The van der Waals surface area contributed by atoms with E-state index in [2.05, 4.69) is 26.1 Å². The van der Waals surface area contributed by atoms with Gasteiger partial charge in [-0.05, 0) is 58.7 Å². The van der Waals surface area contributed by atoms with Crippen molar-refractivity contribution >= 4 is 32.6 Å². The second kappa shape index (κ2) is 10.5. The molecule has 0 radical (unpaired) electrons. The van der Waals surface area contributed by atoms with Crippen LogP contribution in [-0.4, -0.2) is 48.3 Å². The predicted molar refractivity (Wildman–Crippen MR) is 149 cm³/mol. The molecule has 0 fully saturated rings. The average molecular weight is 606 g/mol. The smallest absolute Gasteiger partial charge is 0.272 e. The van der Waals surface area contributed by atoms with Crippen LogP contribution in [-0.2, 0) is 25.9 Å². The third kappa shape index (κ3) is 4.86. The first kappa shape index (κ1) is 26.1. The van der Waals surface area contributed by atoms with Crippen molar-refractivity contribution in [1.29, 1.82) is 0 Å². The highest BCUT2D eigenvalue weighted by atomic mass is 79.9. The van der Waals surface area contributed by atoms with Crippen molar-refractivity contribution in [1.82, 2.24) is 24.6 Å². The molecule has 3 aromatic heterocycles. The van der Waals surface area contributed by atoms with Crippen LogP contribution in [0.2, 0.25) is 0 Å². The number of carbonyl (C=O) groups is 1. The lowest BCUT2D eigenvalue weighted by Crippen LogP contribution is -2.39. The summed E-state index contributed by atoms with van der Waals surface area (Å²) in [6, 6.07) is 15.2. The monoisotopic (exact) mass is 605 g/mol. The number of aromatic nitrogens is 4. The molecule has 1 aliphatic heterocycles. The highest BCUT2D eigenvalue weighted by molar-refractivity contribution is 9.10. The van der Waals surface area contributed by atoms with Crippen LogP contribution in [0.15, 0.2) is 68.5 Å². The maximum absolute atomic E-state index is 15.0. The van der Waals surface area contributed by atoms with Gasteiger partial charge in [0.1, 0.15) is 17.3 Å². The predicted octanol–water partition coefficient (Wildman–Crippen LogP) is 4.45. The van der Waals surface area contributed by atoms with E-state index in [1.54, 1.807) is 42.2 Å². The van der Waals surface area contributed by atoms with Gasteiger partial charge in [0.25, 0.3) is 11.5 Å². The van der Waals surface area contributed by atoms with Crippen molar-refractivity contribution < 1.29 is 18.7 Å². The number of aliphatic hydroxyl groups is 1. The van der Waals surface area contributed by atoms with Crippen molar-refractivity contribution in [3.63, 3.8) is 0 Å². The number of nitrogens with one attached hydrogen (secondary N) is 1. The molecule has 40 heavy (non-hydrogen) atoms. The number of nitrogens with zero attached hydrogens (tertiary/aromatic N) is 4. The first-order valence-corrected chi connectivity index (χ1v) is 13.6. The largest absolute Gasteiger partial charge is 0.448 e. The summed E-state index contributed by atoms with van der Waals surface area (Å²) in [5.41, 5.74) is 2.45. The summed E-state index contributed by atoms with van der Waals surface area (Å²) in [5.74, 6) is 0.201. The maximum atomic E-state index is 15.0. The summed E-state index contributed by atoms with van der Waals surface area (Å²) in [5, 5.41) is 18.0. The van der Waals surface area contributed by atoms with Crippen molar-refractivity contribution in [2.45, 2.75) is 39.0 Å². The molecule has 11 heteroatoms. The fourth-order valence-corrected chi connectivity index (χ4v) is 5.52. The van der Waals surface area contributed by atoms with Crippen LogP contribution in [0, 0.1) is 5.82 Å². The Bertz CT molecular complexity index is 1810. The van der Waals surface area contributed by atoms with E-state index < -0.39 is 17.8 Å². The standard InChI is InChI=1S/C29H25BrFN5O4/c1-16(37)12-23-27(24-8-9-25(30)40-24)36-11-10-35(15-26(36)32-23)29(39)20-13-17(6-7-21(20)31)14-22-18-4-2-3-5-19(18)28(38)34-33-22/h2-9,13,16,37H,10-12,14-15H2,1H3,(H,34,38). The van der Waals surface area contributed by atoms with E-state index in [-0.39, 0.29) is 17.7 Å². The van der Waals surface area contributed by atoms with E-state index >= 15 is 0 Å². The second-order valence-corrected chi connectivity index (χ2v) is 10.7. The molecule has 9 nitrogen and oxygen atoms in total. The quantitative estimate of drug-likeness (QED) is 0.295. The molecule has 0 bridgehead atoms. The van der Waals surface area contributed by atoms with Crippen LogP contribution in [0.25, 0.3) is 22.2 Å². The highest BCUT2D eigenvalue weighted by Crippen LogP contribution is 2.32. The Kier molecular flexibility index (Phi) is 6.85. The molecule has 1 atom stereocenters. The average Bonchev–Trinajstić information content (AvgIpc) is 3.52. The summed E-state index contributed by atoms with van der Waals surface area (Å²) in [7, 11) is 0. The van der Waals surface area contributed by atoms with Gasteiger partial charge in [0, 0.05) is 31.3 Å². The molecule has 1 aliphatic rings. The van der Waals surface area contributed by atoms with Gasteiger partial charge >= 0.3 is 0 Å². The molecule has 2 aromatic carbocycles. The van der Waals surface area contributed by atoms with Crippen LogP contribution in [0.4, 0.5) is 4.39 Å². The maximum Gasteiger partial charge on any atom is 0.272 e. The summed E-state index contributed by atoms with van der Waals surface area (Å²) < 4.78 is 23.3. The minimum absolute atomic E-state index is 0.0365. The number of carbonyl (C=O) groups excluding carboxylic acids is 1. The molecular formula is C29H25BrFN5O4. The summed E-state index contributed by atoms with van der Waals surface area (Å²) >= 11 is 3.34. The van der Waals surface area contributed by atoms with Gasteiger partial charge in [0.15, 0.2) is 10.4 Å². The van der Waals surface area contributed by atoms with Gasteiger partial charge in [-0.2, -0.15) is 5.10 Å². The summed E-state index contributed by atoms with van der Waals surface area (Å²) in [4.78, 5) is 32.0. The lowest BCUT2D eigenvalue weighted by atomic mass is 10.0. The van der Waals surface area contributed by atoms with E-state index in [1.807, 2.05) is 22.8 Å². The Labute approximate surface area is 236 Å². The number of hydrogen-bond donors (Lipinski definition) is 2. The van der Waals surface area contributed by atoms with Gasteiger partial charge in [-0.1, -0.05) is 24.3 Å². The molecule has 2 N–H and O–H groups in total. The number of amides is 1. The second-order valence-electron chi connectivity index (χ2n) is 9.89. The molecule has 204 valence electrons. The van der Waals surface area contributed by atoms with E-state index in [0.29, 0.717) is 69.9 Å².